The number of hydrogen-bond donors (Lipinski definition) is 0. The molecule has 0 aliphatic heterocycles. The van der Waals surface area contributed by atoms with Crippen LogP contribution in [0.1, 0.15) is 31.2 Å². The lowest BCUT2D eigenvalue weighted by Crippen LogP contribution is -1.90. The maximum absolute atomic E-state index is 6.20. The Labute approximate surface area is 102 Å². The summed E-state index contributed by atoms with van der Waals surface area (Å²) in [5.74, 6) is 0. The van der Waals surface area contributed by atoms with Gasteiger partial charge in [-0.1, -0.05) is 12.5 Å². The number of hydrogen-bond acceptors (Lipinski definition) is 1. The van der Waals surface area contributed by atoms with E-state index < -0.39 is 0 Å². The Balaban J connectivity index is 2.28. The second-order valence-corrected chi connectivity index (χ2v) is 5.75. The maximum Gasteiger partial charge on any atom is 0.0521 e. The highest BCUT2D eigenvalue weighted by molar-refractivity contribution is 9.10. The van der Waals surface area contributed by atoms with Gasteiger partial charge in [0.2, 0.25) is 0 Å². The van der Waals surface area contributed by atoms with Gasteiger partial charge in [-0.3, -0.25) is 0 Å². The zero-order valence-electron chi connectivity index (χ0n) is 7.80. The fraction of sp³-hybridized carbons (Fsp3) is 0.455. The van der Waals surface area contributed by atoms with Gasteiger partial charge in [-0.05, 0) is 46.1 Å². The van der Waals surface area contributed by atoms with E-state index in [1.165, 1.54) is 34.9 Å². The summed E-state index contributed by atoms with van der Waals surface area (Å²) in [6.07, 6.45) is 7.01. The van der Waals surface area contributed by atoms with Gasteiger partial charge in [0, 0.05) is 15.4 Å². The third-order valence-electron chi connectivity index (χ3n) is 2.52. The van der Waals surface area contributed by atoms with Crippen LogP contribution in [0.15, 0.2) is 21.3 Å². The summed E-state index contributed by atoms with van der Waals surface area (Å²) in [5, 5.41) is 4.55. The largest absolute Gasteiger partial charge is 0.151 e. The molecule has 14 heavy (non-hydrogen) atoms. The van der Waals surface area contributed by atoms with Crippen LogP contribution < -0.4 is 0 Å². The molecule has 1 aromatic rings. The van der Waals surface area contributed by atoms with Crippen LogP contribution in [0.2, 0.25) is 0 Å². The van der Waals surface area contributed by atoms with Crippen molar-refractivity contribution < 1.29 is 0 Å². The molecule has 0 saturated heterocycles. The first kappa shape index (κ1) is 10.7. The molecule has 1 heterocycles. The van der Waals surface area contributed by atoms with Gasteiger partial charge < -0.3 is 0 Å². The van der Waals surface area contributed by atoms with Gasteiger partial charge in [-0.2, -0.15) is 11.3 Å². The average molecular weight is 292 g/mol. The molecule has 1 aromatic heterocycles. The van der Waals surface area contributed by atoms with Crippen molar-refractivity contribution in [1.82, 2.24) is 0 Å². The lowest BCUT2D eigenvalue weighted by molar-refractivity contribution is 0.724. The Morgan fingerprint density at radius 3 is 2.93 bits per heavy atom. The van der Waals surface area contributed by atoms with Crippen LogP contribution in [-0.2, 0) is 0 Å². The number of alkyl halides is 1. The van der Waals surface area contributed by atoms with E-state index in [0.29, 0.717) is 0 Å². The van der Waals surface area contributed by atoms with Crippen LogP contribution in [0.4, 0.5) is 0 Å². The van der Waals surface area contributed by atoms with E-state index in [-0.39, 0.29) is 5.38 Å². The minimum Gasteiger partial charge on any atom is -0.151 e. The molecule has 1 aliphatic carbocycles. The first-order valence-corrected chi connectivity index (χ1v) is 7.01. The fourth-order valence-corrected chi connectivity index (χ4v) is 3.65. The molecule has 76 valence electrons. The summed E-state index contributed by atoms with van der Waals surface area (Å²) >= 11 is 11.5. The molecule has 0 saturated carbocycles. The maximum atomic E-state index is 6.20. The van der Waals surface area contributed by atoms with Gasteiger partial charge in [-0.25, -0.2) is 0 Å². The molecule has 0 aromatic carbocycles. The molecule has 0 nitrogen and oxygen atoms in total. The predicted octanol–water partition coefficient (Wildman–Crippen LogP) is 5.08. The summed E-state index contributed by atoms with van der Waals surface area (Å²) < 4.78 is 1.21. The van der Waals surface area contributed by atoms with Gasteiger partial charge in [-0.15, -0.1) is 11.6 Å². The van der Waals surface area contributed by atoms with Gasteiger partial charge in [0.25, 0.3) is 0 Å². The van der Waals surface area contributed by atoms with Crippen molar-refractivity contribution >= 4 is 44.4 Å². The van der Waals surface area contributed by atoms with Gasteiger partial charge >= 0.3 is 0 Å². The summed E-state index contributed by atoms with van der Waals surface area (Å²) in [6, 6.07) is 0. The second kappa shape index (κ2) is 4.82. The van der Waals surface area contributed by atoms with E-state index in [0.717, 1.165) is 6.42 Å². The molecular weight excluding hydrogens is 280 g/mol. The third-order valence-corrected chi connectivity index (χ3v) is 4.57. The number of allylic oxidation sites excluding steroid dienone is 2. The fourth-order valence-electron chi connectivity index (χ4n) is 1.77. The lowest BCUT2D eigenvalue weighted by Gasteiger charge is -2.04. The zero-order chi connectivity index (χ0) is 9.97. The lowest BCUT2D eigenvalue weighted by atomic mass is 10.1. The van der Waals surface area contributed by atoms with Crippen molar-refractivity contribution in [1.29, 1.82) is 0 Å². The van der Waals surface area contributed by atoms with Crippen molar-refractivity contribution in [3.63, 3.8) is 0 Å². The van der Waals surface area contributed by atoms with Crippen molar-refractivity contribution in [2.24, 2.45) is 0 Å². The van der Waals surface area contributed by atoms with Crippen LogP contribution in [0, 0.1) is 0 Å². The molecule has 0 amide bonds. The highest BCUT2D eigenvalue weighted by Crippen LogP contribution is 2.34. The van der Waals surface area contributed by atoms with Gasteiger partial charge in [0.1, 0.15) is 0 Å². The molecule has 1 aliphatic rings. The van der Waals surface area contributed by atoms with Crippen LogP contribution in [-0.4, -0.2) is 5.38 Å². The normalized spacial score (nSPS) is 23.0. The standard InChI is InChI=1S/C11H12BrClS/c12-11-7-14-6-10(11)8-3-1-2-4-9(13)5-8/h5-7,9H,1-4H2. The minimum atomic E-state index is 0.222. The number of thiophene rings is 1. The minimum absolute atomic E-state index is 0.222. The smallest absolute Gasteiger partial charge is 0.0521 e. The quantitative estimate of drug-likeness (QED) is 0.633. The van der Waals surface area contributed by atoms with Crippen LogP contribution in [0.5, 0.6) is 0 Å². The Kier molecular flexibility index (Phi) is 3.69. The molecule has 1 unspecified atom stereocenters. The summed E-state index contributed by atoms with van der Waals surface area (Å²) in [4.78, 5) is 0. The van der Waals surface area contributed by atoms with E-state index in [1.54, 1.807) is 11.3 Å². The topological polar surface area (TPSA) is 0 Å². The zero-order valence-corrected chi connectivity index (χ0v) is 11.0. The van der Waals surface area contributed by atoms with Crippen molar-refractivity contribution in [2.45, 2.75) is 31.1 Å². The molecule has 0 N–H and O–H groups in total. The van der Waals surface area contributed by atoms with Gasteiger partial charge in [0.15, 0.2) is 0 Å². The van der Waals surface area contributed by atoms with Gasteiger partial charge in [0.05, 0.1) is 5.38 Å². The van der Waals surface area contributed by atoms with E-state index in [9.17, 15) is 0 Å². The summed E-state index contributed by atoms with van der Waals surface area (Å²) in [7, 11) is 0. The summed E-state index contributed by atoms with van der Waals surface area (Å²) in [6.45, 7) is 0. The second-order valence-electron chi connectivity index (χ2n) is 3.59. The van der Waals surface area contributed by atoms with E-state index in [1.807, 2.05) is 0 Å². The Hall–Kier alpha value is 0.210. The molecule has 0 bridgehead atoms. The molecule has 0 radical (unpaired) electrons. The van der Waals surface area contributed by atoms with E-state index in [4.69, 9.17) is 11.6 Å². The third kappa shape index (κ3) is 2.41. The van der Waals surface area contributed by atoms with Crippen molar-refractivity contribution in [3.05, 3.63) is 26.9 Å². The molecule has 1 atom stereocenters. The van der Waals surface area contributed by atoms with Crippen LogP contribution in [0.25, 0.3) is 5.57 Å². The van der Waals surface area contributed by atoms with E-state index in [2.05, 4.69) is 32.8 Å². The molecule has 2 rings (SSSR count). The SMILES string of the molecule is ClC1C=C(c2cscc2Br)CCCC1. The van der Waals surface area contributed by atoms with Crippen LogP contribution >= 0.6 is 38.9 Å². The monoisotopic (exact) mass is 290 g/mol. The molecule has 0 fully saturated rings. The predicted molar refractivity (Wildman–Crippen MR) is 68.1 cm³/mol. The van der Waals surface area contributed by atoms with Crippen molar-refractivity contribution in [2.75, 3.05) is 0 Å². The Morgan fingerprint density at radius 1 is 1.36 bits per heavy atom. The number of halogens is 2. The molecular formula is C11H12BrClS. The highest BCUT2D eigenvalue weighted by Gasteiger charge is 2.13. The Bertz CT molecular complexity index is 343. The first-order valence-electron chi connectivity index (χ1n) is 4.84. The molecule has 3 heteroatoms. The van der Waals surface area contributed by atoms with Crippen LogP contribution in [0.3, 0.4) is 0 Å². The molecule has 0 spiro atoms. The highest BCUT2D eigenvalue weighted by atomic mass is 79.9. The summed E-state index contributed by atoms with van der Waals surface area (Å²) in [5.41, 5.74) is 2.75. The first-order chi connectivity index (χ1) is 6.77. The van der Waals surface area contributed by atoms with Crippen molar-refractivity contribution in [3.8, 4) is 0 Å². The van der Waals surface area contributed by atoms with E-state index >= 15 is 0 Å². The number of rotatable bonds is 1. The average Bonchev–Trinajstić information content (AvgIpc) is 2.45. The Morgan fingerprint density at radius 2 is 2.21 bits per heavy atom.